The molecule has 1 aliphatic rings. The standard InChI is InChI=1S/C19H15BrN2O3/c1-2-10-25-17-9-8-13(12-16(17)20)11-15-18(23)21-22(19(15)24)14-6-4-3-5-7-14/h2-9,11-12H,1,10H2,(H,21,23). The minimum absolute atomic E-state index is 0.0792. The van der Waals surface area contributed by atoms with Gasteiger partial charge in [-0.15, -0.1) is 0 Å². The van der Waals surface area contributed by atoms with Gasteiger partial charge >= 0.3 is 0 Å². The molecule has 0 bridgehead atoms. The third-order valence-electron chi connectivity index (χ3n) is 3.53. The summed E-state index contributed by atoms with van der Waals surface area (Å²) >= 11 is 3.42. The molecular weight excluding hydrogens is 384 g/mol. The van der Waals surface area contributed by atoms with Crippen molar-refractivity contribution < 1.29 is 14.3 Å². The molecule has 1 N–H and O–H groups in total. The lowest BCUT2D eigenvalue weighted by Gasteiger charge is -2.13. The summed E-state index contributed by atoms with van der Waals surface area (Å²) in [6.07, 6.45) is 3.21. The van der Waals surface area contributed by atoms with Gasteiger partial charge in [-0.05, 0) is 51.8 Å². The summed E-state index contributed by atoms with van der Waals surface area (Å²) in [7, 11) is 0. The van der Waals surface area contributed by atoms with E-state index < -0.39 is 5.91 Å². The summed E-state index contributed by atoms with van der Waals surface area (Å²) in [5, 5.41) is 1.24. The van der Waals surface area contributed by atoms with Crippen molar-refractivity contribution in [2.75, 3.05) is 11.6 Å². The van der Waals surface area contributed by atoms with Crippen LogP contribution in [0.4, 0.5) is 5.69 Å². The molecule has 2 amide bonds. The Labute approximate surface area is 153 Å². The van der Waals surface area contributed by atoms with E-state index in [1.165, 1.54) is 5.01 Å². The Morgan fingerprint density at radius 3 is 2.60 bits per heavy atom. The van der Waals surface area contributed by atoms with Gasteiger partial charge in [-0.2, -0.15) is 0 Å². The molecule has 25 heavy (non-hydrogen) atoms. The fourth-order valence-electron chi connectivity index (χ4n) is 2.36. The first kappa shape index (κ1) is 17.0. The van der Waals surface area contributed by atoms with Crippen molar-refractivity contribution in [3.63, 3.8) is 0 Å². The van der Waals surface area contributed by atoms with Crippen LogP contribution in [0.25, 0.3) is 6.08 Å². The zero-order valence-electron chi connectivity index (χ0n) is 13.2. The number of anilines is 1. The van der Waals surface area contributed by atoms with Gasteiger partial charge in [0.2, 0.25) is 0 Å². The lowest BCUT2D eigenvalue weighted by atomic mass is 10.1. The molecule has 1 aliphatic heterocycles. The lowest BCUT2D eigenvalue weighted by Crippen LogP contribution is -2.35. The molecule has 0 saturated carbocycles. The monoisotopic (exact) mass is 398 g/mol. The highest BCUT2D eigenvalue weighted by molar-refractivity contribution is 9.10. The molecule has 0 atom stereocenters. The van der Waals surface area contributed by atoms with Crippen molar-refractivity contribution in [3.05, 3.63) is 76.8 Å². The van der Waals surface area contributed by atoms with Crippen LogP contribution in [0.15, 0.2) is 71.2 Å². The molecule has 5 nitrogen and oxygen atoms in total. The molecule has 3 rings (SSSR count). The van der Waals surface area contributed by atoms with Gasteiger partial charge in [0.05, 0.1) is 10.2 Å². The summed E-state index contributed by atoms with van der Waals surface area (Å²) in [5.41, 5.74) is 3.98. The number of carbonyl (C=O) groups is 2. The number of halogens is 1. The topological polar surface area (TPSA) is 58.6 Å². The number of nitrogens with one attached hydrogen (secondary N) is 1. The zero-order chi connectivity index (χ0) is 17.8. The quantitative estimate of drug-likeness (QED) is 0.476. The highest BCUT2D eigenvalue weighted by Crippen LogP contribution is 2.28. The summed E-state index contributed by atoms with van der Waals surface area (Å²) in [4.78, 5) is 24.7. The zero-order valence-corrected chi connectivity index (χ0v) is 14.8. The van der Waals surface area contributed by atoms with E-state index in [1.807, 2.05) is 6.07 Å². The highest BCUT2D eigenvalue weighted by Gasteiger charge is 2.34. The van der Waals surface area contributed by atoms with E-state index in [0.717, 1.165) is 4.47 Å². The number of hydrazine groups is 1. The van der Waals surface area contributed by atoms with Crippen molar-refractivity contribution in [1.29, 1.82) is 0 Å². The predicted octanol–water partition coefficient (Wildman–Crippen LogP) is 3.48. The molecule has 126 valence electrons. The van der Waals surface area contributed by atoms with E-state index in [0.29, 0.717) is 23.6 Å². The summed E-state index contributed by atoms with van der Waals surface area (Å²) < 4.78 is 6.22. The molecular formula is C19H15BrN2O3. The Balaban J connectivity index is 1.86. The van der Waals surface area contributed by atoms with E-state index in [4.69, 9.17) is 4.74 Å². The number of para-hydroxylation sites is 1. The molecule has 0 unspecified atom stereocenters. The normalized spacial score (nSPS) is 15.4. The fraction of sp³-hybridized carbons (Fsp3) is 0.0526. The van der Waals surface area contributed by atoms with Crippen LogP contribution in [0.2, 0.25) is 0 Å². The van der Waals surface area contributed by atoms with Gasteiger partial charge in [-0.1, -0.05) is 36.9 Å². The SMILES string of the molecule is C=CCOc1ccc(C=C2C(=O)NN(c3ccccc3)C2=O)cc1Br. The largest absolute Gasteiger partial charge is 0.488 e. The minimum atomic E-state index is -0.433. The second-order valence-corrected chi connectivity index (χ2v) is 6.12. The molecule has 0 spiro atoms. The Morgan fingerprint density at radius 2 is 1.92 bits per heavy atom. The Hall–Kier alpha value is -2.86. The average Bonchev–Trinajstić information content (AvgIpc) is 2.90. The van der Waals surface area contributed by atoms with Crippen LogP contribution < -0.4 is 15.2 Å². The Kier molecular flexibility index (Phi) is 5.00. The maximum Gasteiger partial charge on any atom is 0.282 e. The first-order chi connectivity index (χ1) is 12.1. The lowest BCUT2D eigenvalue weighted by molar-refractivity contribution is -0.117. The number of ether oxygens (including phenoxy) is 1. The van der Waals surface area contributed by atoms with Gasteiger partial charge in [-0.3, -0.25) is 15.0 Å². The third-order valence-corrected chi connectivity index (χ3v) is 4.15. The van der Waals surface area contributed by atoms with Crippen molar-refractivity contribution >= 4 is 39.5 Å². The van der Waals surface area contributed by atoms with E-state index in [1.54, 1.807) is 54.6 Å². The fourth-order valence-corrected chi connectivity index (χ4v) is 2.87. The van der Waals surface area contributed by atoms with E-state index >= 15 is 0 Å². The van der Waals surface area contributed by atoms with Crippen LogP contribution in [-0.2, 0) is 9.59 Å². The average molecular weight is 399 g/mol. The smallest absolute Gasteiger partial charge is 0.282 e. The second kappa shape index (κ2) is 7.36. The van der Waals surface area contributed by atoms with Gasteiger partial charge in [0, 0.05) is 0 Å². The molecule has 1 fully saturated rings. The maximum absolute atomic E-state index is 12.5. The summed E-state index contributed by atoms with van der Waals surface area (Å²) in [6.45, 7) is 4.00. The summed E-state index contributed by atoms with van der Waals surface area (Å²) in [6, 6.07) is 14.3. The minimum Gasteiger partial charge on any atom is -0.488 e. The van der Waals surface area contributed by atoms with Gasteiger partial charge in [0.15, 0.2) is 0 Å². The number of nitrogens with zero attached hydrogens (tertiary/aromatic N) is 1. The Bertz CT molecular complexity index is 862. The number of hydrogen-bond donors (Lipinski definition) is 1. The molecule has 2 aromatic carbocycles. The van der Waals surface area contributed by atoms with Crippen molar-refractivity contribution in [2.24, 2.45) is 0 Å². The molecule has 1 heterocycles. The first-order valence-electron chi connectivity index (χ1n) is 7.55. The molecule has 1 saturated heterocycles. The Morgan fingerprint density at radius 1 is 1.16 bits per heavy atom. The van der Waals surface area contributed by atoms with E-state index in [2.05, 4.69) is 27.9 Å². The molecule has 2 aromatic rings. The van der Waals surface area contributed by atoms with Gasteiger partial charge in [-0.25, -0.2) is 5.01 Å². The van der Waals surface area contributed by atoms with Crippen molar-refractivity contribution in [3.8, 4) is 5.75 Å². The molecule has 0 aliphatic carbocycles. The highest BCUT2D eigenvalue weighted by atomic mass is 79.9. The number of amides is 2. The van der Waals surface area contributed by atoms with E-state index in [-0.39, 0.29) is 11.5 Å². The predicted molar refractivity (Wildman–Crippen MR) is 99.9 cm³/mol. The number of hydrogen-bond acceptors (Lipinski definition) is 3. The van der Waals surface area contributed by atoms with E-state index in [9.17, 15) is 9.59 Å². The number of rotatable bonds is 5. The van der Waals surface area contributed by atoms with Crippen LogP contribution in [0, 0.1) is 0 Å². The molecule has 0 radical (unpaired) electrons. The van der Waals surface area contributed by atoms with Crippen molar-refractivity contribution in [2.45, 2.75) is 0 Å². The second-order valence-electron chi connectivity index (χ2n) is 5.26. The molecule has 0 aromatic heterocycles. The summed E-state index contributed by atoms with van der Waals surface area (Å²) in [5.74, 6) is -0.161. The molecule has 6 heteroatoms. The van der Waals surface area contributed by atoms with Gasteiger partial charge in [0.1, 0.15) is 17.9 Å². The van der Waals surface area contributed by atoms with Gasteiger partial charge < -0.3 is 4.74 Å². The van der Waals surface area contributed by atoms with Crippen LogP contribution in [0.5, 0.6) is 5.75 Å². The van der Waals surface area contributed by atoms with Crippen LogP contribution in [-0.4, -0.2) is 18.4 Å². The van der Waals surface area contributed by atoms with Gasteiger partial charge in [0.25, 0.3) is 11.8 Å². The third kappa shape index (κ3) is 3.64. The number of carbonyl (C=O) groups excluding carboxylic acids is 2. The van der Waals surface area contributed by atoms with Crippen LogP contribution in [0.3, 0.4) is 0 Å². The van der Waals surface area contributed by atoms with Crippen LogP contribution >= 0.6 is 15.9 Å². The maximum atomic E-state index is 12.5. The number of benzene rings is 2. The van der Waals surface area contributed by atoms with Crippen molar-refractivity contribution in [1.82, 2.24) is 5.43 Å². The first-order valence-corrected chi connectivity index (χ1v) is 8.35. The van der Waals surface area contributed by atoms with Crippen LogP contribution in [0.1, 0.15) is 5.56 Å².